The molecule has 0 saturated carbocycles. The van der Waals surface area contributed by atoms with E-state index in [2.05, 4.69) is 63.1 Å². The van der Waals surface area contributed by atoms with E-state index in [1.165, 1.54) is 74.2 Å². The summed E-state index contributed by atoms with van der Waals surface area (Å²) in [6.45, 7) is 4.40. The van der Waals surface area contributed by atoms with Crippen LogP contribution < -0.4 is 70.4 Å². The minimum absolute atomic E-state index is 0.0147. The Bertz CT molecular complexity index is 3490. The van der Waals surface area contributed by atoms with Crippen molar-refractivity contribution >= 4 is 87.8 Å². The number of aliphatic hydroxyl groups is 3. The quantitative estimate of drug-likeness (QED) is 0.0114. The lowest BCUT2D eigenvalue weighted by Gasteiger charge is -2.30. The highest BCUT2D eigenvalue weighted by molar-refractivity contribution is 5.99. The number of aromatic nitrogens is 1. The number of carboxylic acid groups (broad SMARTS) is 1. The zero-order valence-corrected chi connectivity index (χ0v) is 55.6. The molecule has 99 heavy (non-hydrogen) atoms. The number of aliphatic hydroxyl groups excluding tert-OH is 3. The molecule has 3 aromatic carbocycles. The van der Waals surface area contributed by atoms with E-state index in [1.54, 1.807) is 26.1 Å². The number of hydrogen-bond acceptors (Lipinski definition) is 19. The van der Waals surface area contributed by atoms with Crippen molar-refractivity contribution in [1.29, 1.82) is 0 Å². The molecule has 0 aliphatic carbocycles. The van der Waals surface area contributed by atoms with Crippen LogP contribution >= 0.6 is 0 Å². The zero-order valence-electron chi connectivity index (χ0n) is 55.6. The van der Waals surface area contributed by atoms with Crippen LogP contribution in [0.2, 0.25) is 0 Å². The maximum absolute atomic E-state index is 14.6. The van der Waals surface area contributed by atoms with Gasteiger partial charge in [0.25, 0.3) is 0 Å². The first-order valence-electron chi connectivity index (χ1n) is 32.2. The molecule has 23 N–H and O–H groups in total. The van der Waals surface area contributed by atoms with Gasteiger partial charge in [0.15, 0.2) is 5.96 Å². The lowest BCUT2D eigenvalue weighted by Crippen LogP contribution is -2.61. The van der Waals surface area contributed by atoms with Crippen LogP contribution in [0.1, 0.15) is 83.4 Å². The molecule has 11 amide bonds. The number of aliphatic carboxylic acids is 1. The summed E-state index contributed by atoms with van der Waals surface area (Å²) >= 11 is 0. The summed E-state index contributed by atoms with van der Waals surface area (Å²) < 4.78 is 0. The lowest BCUT2D eigenvalue weighted by atomic mass is 10.00. The molecular weight excluding hydrogens is 1290 g/mol. The van der Waals surface area contributed by atoms with Crippen LogP contribution in [0, 0.1) is 11.8 Å². The Kier molecular flexibility index (Phi) is 30.8. The van der Waals surface area contributed by atoms with Gasteiger partial charge in [0.1, 0.15) is 78.0 Å². The van der Waals surface area contributed by atoms with E-state index in [0.29, 0.717) is 23.1 Å². The van der Waals surface area contributed by atoms with Crippen molar-refractivity contribution in [2.75, 3.05) is 39.5 Å². The maximum atomic E-state index is 14.6. The van der Waals surface area contributed by atoms with Crippen LogP contribution in [-0.4, -0.2) is 223 Å². The van der Waals surface area contributed by atoms with Gasteiger partial charge in [-0.3, -0.25) is 57.7 Å². The molecule has 5 rings (SSSR count). The number of carbonyl (C=O) groups is 12. The minimum Gasteiger partial charge on any atom is -0.508 e. The number of rotatable bonds is 38. The largest absolute Gasteiger partial charge is 0.508 e. The first-order valence-corrected chi connectivity index (χ1v) is 32.2. The normalized spacial score (nSPS) is 15.8. The number of fused-ring (bicyclic) bond motifs is 1. The number of benzene rings is 3. The Morgan fingerprint density at radius 1 is 0.586 bits per heavy atom. The van der Waals surface area contributed by atoms with Gasteiger partial charge in [0, 0.05) is 49.5 Å². The predicted molar refractivity (Wildman–Crippen MR) is 357 cm³/mol. The fraction of sp³-hybridized carbons (Fsp3) is 0.492. The standard InChI is InChI=1S/C65H92N16O18/c1-33(2)24-45(76-58(92)47(75-55(89)42(66)30-82)27-38-28-70-43-11-7-6-10-41(38)43)56(90)72-35(5)54(88)78-48(26-37-16-20-40(86)21-17-37)63(97)81-23-9-13-51(81)61(95)71-29-52(87)73-49(31-83)60(94)80-53(34(3)4)62(96)79-50(32-84)59(93)77-46(25-36-14-18-39(85)19-15-36)57(91)74-44(64(98)99)12-8-22-69-65(67)68/h6-7,10-11,14-21,28,33-35,42,44-51,53,70,82-86H,8-9,12-13,22-27,29-32,66H2,1-5H3,(H,71,95)(H,72,90)(H,73,87)(H,74,91)(H,75,89)(H,76,92)(H,77,93)(H,78,88)(H,79,96)(H,80,94)(H,98,99)(H4,67,68,69)/t35-,42-,44-,45-,46-,47-,48-,49-,50-,51-,53-/m0/s1. The molecule has 540 valence electrons. The summed E-state index contributed by atoms with van der Waals surface area (Å²) in [5, 5.41) is 85.4. The van der Waals surface area contributed by atoms with Crippen LogP contribution in [-0.2, 0) is 76.8 Å². The number of nitrogens with two attached hydrogens (primary N) is 3. The molecule has 1 saturated heterocycles. The highest BCUT2D eigenvalue weighted by atomic mass is 16.4. The van der Waals surface area contributed by atoms with Crippen LogP contribution in [0.25, 0.3) is 10.9 Å². The van der Waals surface area contributed by atoms with Gasteiger partial charge in [0.05, 0.1) is 26.4 Å². The molecule has 34 nitrogen and oxygen atoms in total. The smallest absolute Gasteiger partial charge is 0.326 e. The predicted octanol–water partition coefficient (Wildman–Crippen LogP) is -4.76. The highest BCUT2D eigenvalue weighted by Gasteiger charge is 2.40. The van der Waals surface area contributed by atoms with Crippen LogP contribution in [0.3, 0.4) is 0 Å². The van der Waals surface area contributed by atoms with Crippen molar-refractivity contribution < 1.29 is 88.2 Å². The fourth-order valence-corrected chi connectivity index (χ4v) is 10.7. The number of carboxylic acids is 1. The van der Waals surface area contributed by atoms with Gasteiger partial charge in [-0.15, -0.1) is 0 Å². The van der Waals surface area contributed by atoms with Crippen molar-refractivity contribution in [2.24, 2.45) is 34.0 Å². The zero-order chi connectivity index (χ0) is 73.2. The number of aromatic amines is 1. The molecular formula is C65H92N16O18. The molecule has 1 aliphatic heterocycles. The highest BCUT2D eigenvalue weighted by Crippen LogP contribution is 2.23. The second-order valence-corrected chi connectivity index (χ2v) is 24.7. The number of nitrogens with zero attached hydrogens (tertiary/aromatic N) is 2. The number of aromatic hydroxyl groups is 2. The molecule has 11 atom stereocenters. The van der Waals surface area contributed by atoms with Crippen molar-refractivity contribution in [3.8, 4) is 11.5 Å². The van der Waals surface area contributed by atoms with Gasteiger partial charge >= 0.3 is 5.97 Å². The Morgan fingerprint density at radius 2 is 1.10 bits per heavy atom. The van der Waals surface area contributed by atoms with Crippen molar-refractivity contribution in [3.05, 3.63) is 95.7 Å². The molecule has 0 radical (unpaired) electrons. The van der Waals surface area contributed by atoms with Gasteiger partial charge in [-0.25, -0.2) is 4.79 Å². The van der Waals surface area contributed by atoms with Gasteiger partial charge in [-0.1, -0.05) is 70.2 Å². The number of hydrogen-bond donors (Lipinski definition) is 20. The van der Waals surface area contributed by atoms with Crippen molar-refractivity contribution in [1.82, 2.24) is 63.1 Å². The Balaban J connectivity index is 1.21. The topological polar surface area (TPSA) is 556 Å². The Hall–Kier alpha value is -10.5. The number of H-pyrrole nitrogens is 1. The Morgan fingerprint density at radius 3 is 1.68 bits per heavy atom. The maximum Gasteiger partial charge on any atom is 0.326 e. The number of para-hydroxylation sites is 1. The van der Waals surface area contributed by atoms with Crippen LogP contribution in [0.15, 0.2) is 84.0 Å². The number of phenolic OH excluding ortho intramolecular Hbond substituents is 2. The third-order valence-corrected chi connectivity index (χ3v) is 16.1. The van der Waals surface area contributed by atoms with Crippen LogP contribution in [0.4, 0.5) is 0 Å². The summed E-state index contributed by atoms with van der Waals surface area (Å²) in [7, 11) is 0. The number of phenols is 2. The monoisotopic (exact) mass is 1380 g/mol. The van der Waals surface area contributed by atoms with Gasteiger partial charge in [0.2, 0.25) is 65.0 Å². The number of nitrogens with one attached hydrogen (secondary N) is 11. The molecule has 34 heteroatoms. The van der Waals surface area contributed by atoms with E-state index >= 15 is 0 Å². The second kappa shape index (κ2) is 38.5. The molecule has 1 fully saturated rings. The molecule has 0 bridgehead atoms. The molecule has 2 heterocycles. The summed E-state index contributed by atoms with van der Waals surface area (Å²) in [6, 6.07) is 2.60. The molecule has 0 unspecified atom stereocenters. The van der Waals surface area contributed by atoms with Crippen molar-refractivity contribution in [2.45, 2.75) is 152 Å². The summed E-state index contributed by atoms with van der Waals surface area (Å²) in [4.78, 5) is 172. The van der Waals surface area contributed by atoms with Crippen molar-refractivity contribution in [3.63, 3.8) is 0 Å². The van der Waals surface area contributed by atoms with E-state index in [1.807, 2.05) is 18.2 Å². The minimum atomic E-state index is -1.78. The summed E-state index contributed by atoms with van der Waals surface area (Å²) in [6.07, 6.45) is 1.67. The number of carbonyl (C=O) groups excluding carboxylic acids is 11. The van der Waals surface area contributed by atoms with E-state index in [0.717, 1.165) is 10.9 Å². The fourth-order valence-electron chi connectivity index (χ4n) is 10.7. The Labute approximate surface area is 570 Å². The SMILES string of the molecule is CC(C)C[C@H](NC(=O)[C@H](Cc1c[nH]c2ccccc12)NC(=O)[C@@H](N)CO)C(=O)N[C@@H](C)C(=O)N[C@@H](Cc1ccc(O)cc1)C(=O)N1CCC[C@H]1C(=O)NCC(=O)N[C@@H](CO)C(=O)N[C@H](C(=O)N[C@@H](CO)C(=O)N[C@@H](Cc1ccc(O)cc1)C(=O)N[C@@H](CCCN=C(N)N)C(=O)O)C(C)C. The van der Waals surface area contributed by atoms with E-state index in [9.17, 15) is 88.2 Å². The number of amides is 11. The molecule has 4 aromatic rings. The number of aliphatic imine (C=N–C) groups is 1. The first-order chi connectivity index (χ1) is 46.9. The lowest BCUT2D eigenvalue weighted by molar-refractivity contribution is -0.142. The van der Waals surface area contributed by atoms with E-state index < -0.39 is 170 Å². The average Bonchev–Trinajstić information content (AvgIpc) is 1.74. The van der Waals surface area contributed by atoms with Crippen LogP contribution in [0.5, 0.6) is 11.5 Å². The summed E-state index contributed by atoms with van der Waals surface area (Å²) in [5.74, 6) is -12.8. The third kappa shape index (κ3) is 24.6. The number of likely N-dealkylation sites (tertiary alicyclic amines) is 1. The van der Waals surface area contributed by atoms with E-state index in [-0.39, 0.29) is 81.4 Å². The van der Waals surface area contributed by atoms with E-state index in [4.69, 9.17) is 17.2 Å². The summed E-state index contributed by atoms with van der Waals surface area (Å²) in [5.41, 5.74) is 18.8. The molecule has 1 aliphatic rings. The third-order valence-electron chi connectivity index (χ3n) is 16.1. The van der Waals surface area contributed by atoms with Gasteiger partial charge in [-0.2, -0.15) is 0 Å². The van der Waals surface area contributed by atoms with Gasteiger partial charge < -0.3 is 111 Å². The average molecular weight is 1390 g/mol. The molecule has 0 spiro atoms. The second-order valence-electron chi connectivity index (χ2n) is 24.7. The molecule has 1 aromatic heterocycles. The van der Waals surface area contributed by atoms with Gasteiger partial charge in [-0.05, 0) is 97.9 Å². The first kappa shape index (κ1) is 79.2. The number of guanidine groups is 1.